The molecule has 1 aliphatic rings. The van der Waals surface area contributed by atoms with Gasteiger partial charge in [0, 0.05) is 13.1 Å². The van der Waals surface area contributed by atoms with E-state index in [2.05, 4.69) is 0 Å². The quantitative estimate of drug-likeness (QED) is 0.609. The van der Waals surface area contributed by atoms with Gasteiger partial charge < -0.3 is 10.0 Å². The molecule has 16 heavy (non-hydrogen) atoms. The van der Waals surface area contributed by atoms with E-state index in [9.17, 15) is 19.6 Å². The Hall–Kier alpha value is -1.69. The topological polar surface area (TPSA) is 66.6 Å². The molecule has 1 heterocycles. The van der Waals surface area contributed by atoms with Crippen molar-refractivity contribution in [3.8, 4) is 0 Å². The first kappa shape index (κ1) is 10.8. The number of halogens is 1. The molecule has 1 atom stereocenters. The summed E-state index contributed by atoms with van der Waals surface area (Å²) in [5, 5.41) is 20.1. The molecule has 0 unspecified atom stereocenters. The predicted molar refractivity (Wildman–Crippen MR) is 55.9 cm³/mol. The molecule has 0 spiro atoms. The standard InChI is InChI=1S/C10H11FN2O3/c11-7-1-2-9(10(5-7)13(15)16)12-4-3-8(14)6-12/h1-2,5,8,14H,3-4,6H2/t8-/m0/s1. The van der Waals surface area contributed by atoms with Crippen molar-refractivity contribution in [1.82, 2.24) is 0 Å². The number of benzene rings is 1. The number of hydrogen-bond acceptors (Lipinski definition) is 4. The maximum absolute atomic E-state index is 12.9. The average Bonchev–Trinajstić information content (AvgIpc) is 2.64. The predicted octanol–water partition coefficient (Wildman–Crippen LogP) is 1.30. The van der Waals surface area contributed by atoms with Crippen molar-refractivity contribution >= 4 is 11.4 Å². The Bertz CT molecular complexity index is 425. The summed E-state index contributed by atoms with van der Waals surface area (Å²) in [4.78, 5) is 11.9. The molecule has 1 N–H and O–H groups in total. The van der Waals surface area contributed by atoms with E-state index >= 15 is 0 Å². The lowest BCUT2D eigenvalue weighted by atomic mass is 10.2. The second-order valence-electron chi connectivity index (χ2n) is 3.78. The van der Waals surface area contributed by atoms with E-state index in [0.29, 0.717) is 25.2 Å². The zero-order chi connectivity index (χ0) is 11.7. The molecule has 1 aliphatic heterocycles. The number of aliphatic hydroxyl groups is 1. The van der Waals surface area contributed by atoms with Gasteiger partial charge in [0.05, 0.1) is 17.1 Å². The third-order valence-corrected chi connectivity index (χ3v) is 2.64. The van der Waals surface area contributed by atoms with Crippen LogP contribution in [0.25, 0.3) is 0 Å². The molecule has 0 amide bonds. The molecule has 86 valence electrons. The van der Waals surface area contributed by atoms with Gasteiger partial charge in [-0.15, -0.1) is 0 Å². The van der Waals surface area contributed by atoms with Crippen LogP contribution >= 0.6 is 0 Å². The van der Waals surface area contributed by atoms with Crippen LogP contribution in [0.4, 0.5) is 15.8 Å². The Morgan fingerprint density at radius 1 is 1.56 bits per heavy atom. The van der Waals surface area contributed by atoms with Gasteiger partial charge in [0.1, 0.15) is 11.5 Å². The summed E-state index contributed by atoms with van der Waals surface area (Å²) >= 11 is 0. The minimum Gasteiger partial charge on any atom is -0.391 e. The first-order valence-electron chi connectivity index (χ1n) is 4.95. The fourth-order valence-electron chi connectivity index (χ4n) is 1.87. The summed E-state index contributed by atoms with van der Waals surface area (Å²) in [5.74, 6) is -0.629. The number of β-amino-alcohol motifs (C(OH)–C–C–N with tert-alkyl or cyclic N) is 1. The third-order valence-electron chi connectivity index (χ3n) is 2.64. The van der Waals surface area contributed by atoms with Gasteiger partial charge >= 0.3 is 0 Å². The largest absolute Gasteiger partial charge is 0.391 e. The van der Waals surface area contributed by atoms with E-state index in [4.69, 9.17) is 0 Å². The lowest BCUT2D eigenvalue weighted by molar-refractivity contribution is -0.384. The second-order valence-corrected chi connectivity index (χ2v) is 3.78. The smallest absolute Gasteiger partial charge is 0.295 e. The number of nitro benzene ring substituents is 1. The SMILES string of the molecule is O=[N+]([O-])c1cc(F)ccc1N1CC[C@H](O)C1. The van der Waals surface area contributed by atoms with Crippen molar-refractivity contribution in [3.63, 3.8) is 0 Å². The molecule has 1 aromatic carbocycles. The van der Waals surface area contributed by atoms with Crippen LogP contribution in [0.1, 0.15) is 6.42 Å². The van der Waals surface area contributed by atoms with Crippen molar-refractivity contribution < 1.29 is 14.4 Å². The first-order valence-corrected chi connectivity index (χ1v) is 4.95. The molecule has 0 aliphatic carbocycles. The average molecular weight is 226 g/mol. The molecule has 2 rings (SSSR count). The molecule has 0 bridgehead atoms. The van der Waals surface area contributed by atoms with Crippen LogP contribution in [0.5, 0.6) is 0 Å². The highest BCUT2D eigenvalue weighted by Gasteiger charge is 2.26. The van der Waals surface area contributed by atoms with Crippen LogP contribution in [0.15, 0.2) is 18.2 Å². The lowest BCUT2D eigenvalue weighted by Gasteiger charge is -2.17. The summed E-state index contributed by atoms with van der Waals surface area (Å²) in [6, 6.07) is 3.47. The Morgan fingerprint density at radius 2 is 2.31 bits per heavy atom. The van der Waals surface area contributed by atoms with E-state index in [1.54, 1.807) is 4.90 Å². The van der Waals surface area contributed by atoms with Crippen LogP contribution in [0.2, 0.25) is 0 Å². The monoisotopic (exact) mass is 226 g/mol. The van der Waals surface area contributed by atoms with Crippen LogP contribution in [-0.2, 0) is 0 Å². The van der Waals surface area contributed by atoms with Gasteiger partial charge in [-0.25, -0.2) is 4.39 Å². The van der Waals surface area contributed by atoms with E-state index in [-0.39, 0.29) is 5.69 Å². The van der Waals surface area contributed by atoms with Gasteiger partial charge in [-0.3, -0.25) is 10.1 Å². The van der Waals surface area contributed by atoms with Crippen molar-refractivity contribution in [2.75, 3.05) is 18.0 Å². The second kappa shape index (κ2) is 4.05. The fraction of sp³-hybridized carbons (Fsp3) is 0.400. The number of anilines is 1. The Labute approximate surface area is 91.3 Å². The molecular weight excluding hydrogens is 215 g/mol. The molecule has 6 heteroatoms. The highest BCUT2D eigenvalue weighted by molar-refractivity contribution is 5.63. The zero-order valence-corrected chi connectivity index (χ0v) is 8.47. The number of hydrogen-bond donors (Lipinski definition) is 1. The van der Waals surface area contributed by atoms with Gasteiger partial charge in [-0.1, -0.05) is 0 Å². The molecule has 1 aromatic rings. The molecule has 0 aromatic heterocycles. The molecule has 1 saturated heterocycles. The maximum atomic E-state index is 12.9. The van der Waals surface area contributed by atoms with Crippen LogP contribution in [0, 0.1) is 15.9 Å². The number of rotatable bonds is 2. The summed E-state index contributed by atoms with van der Waals surface area (Å²) in [7, 11) is 0. The number of aliphatic hydroxyl groups excluding tert-OH is 1. The summed E-state index contributed by atoms with van der Waals surface area (Å²) in [6.45, 7) is 0.903. The summed E-state index contributed by atoms with van der Waals surface area (Å²) in [5.41, 5.74) is 0.108. The fourth-order valence-corrected chi connectivity index (χ4v) is 1.87. The number of nitrogens with zero attached hydrogens (tertiary/aromatic N) is 2. The van der Waals surface area contributed by atoms with E-state index in [1.807, 2.05) is 0 Å². The first-order chi connectivity index (χ1) is 7.58. The maximum Gasteiger partial charge on any atom is 0.295 e. The normalized spacial score (nSPS) is 20.1. The Morgan fingerprint density at radius 3 is 2.88 bits per heavy atom. The molecule has 0 saturated carbocycles. The van der Waals surface area contributed by atoms with E-state index in [1.165, 1.54) is 12.1 Å². The summed E-state index contributed by atoms with van der Waals surface area (Å²) in [6.07, 6.45) is 0.110. The van der Waals surface area contributed by atoms with Gasteiger partial charge in [-0.2, -0.15) is 0 Å². The Kier molecular flexibility index (Phi) is 2.74. The Balaban J connectivity index is 2.36. The molecule has 1 fully saturated rings. The zero-order valence-electron chi connectivity index (χ0n) is 8.47. The van der Waals surface area contributed by atoms with Gasteiger partial charge in [0.2, 0.25) is 0 Å². The van der Waals surface area contributed by atoms with Crippen molar-refractivity contribution in [2.45, 2.75) is 12.5 Å². The van der Waals surface area contributed by atoms with Crippen LogP contribution < -0.4 is 4.90 Å². The molecule has 5 nitrogen and oxygen atoms in total. The van der Waals surface area contributed by atoms with E-state index < -0.39 is 16.8 Å². The van der Waals surface area contributed by atoms with Crippen molar-refractivity contribution in [3.05, 3.63) is 34.1 Å². The highest BCUT2D eigenvalue weighted by Crippen LogP contribution is 2.31. The number of nitro groups is 1. The summed E-state index contributed by atoms with van der Waals surface area (Å²) < 4.78 is 12.9. The lowest BCUT2D eigenvalue weighted by Crippen LogP contribution is -2.22. The van der Waals surface area contributed by atoms with Crippen molar-refractivity contribution in [2.24, 2.45) is 0 Å². The minimum atomic E-state index is -0.629. The molecule has 0 radical (unpaired) electrons. The van der Waals surface area contributed by atoms with Gasteiger partial charge in [-0.05, 0) is 18.6 Å². The van der Waals surface area contributed by atoms with Gasteiger partial charge in [0.25, 0.3) is 5.69 Å². The molecular formula is C10H11FN2O3. The van der Waals surface area contributed by atoms with E-state index in [0.717, 1.165) is 6.07 Å². The minimum absolute atomic E-state index is 0.255. The van der Waals surface area contributed by atoms with Crippen LogP contribution in [-0.4, -0.2) is 29.2 Å². The van der Waals surface area contributed by atoms with Crippen molar-refractivity contribution in [1.29, 1.82) is 0 Å². The van der Waals surface area contributed by atoms with Crippen LogP contribution in [0.3, 0.4) is 0 Å². The van der Waals surface area contributed by atoms with Gasteiger partial charge in [0.15, 0.2) is 0 Å². The highest BCUT2D eigenvalue weighted by atomic mass is 19.1. The third kappa shape index (κ3) is 1.96.